The summed E-state index contributed by atoms with van der Waals surface area (Å²) in [6.45, 7) is 0. The molecule has 0 saturated heterocycles. The molecule has 0 aliphatic carbocycles. The van der Waals surface area contributed by atoms with Crippen molar-refractivity contribution < 1.29 is 0 Å². The Labute approximate surface area is 244 Å². The lowest BCUT2D eigenvalue weighted by molar-refractivity contribution is 1.63. The van der Waals surface area contributed by atoms with Crippen LogP contribution in [0.1, 0.15) is 0 Å². The minimum absolute atomic E-state index is 1.24. The van der Waals surface area contributed by atoms with E-state index in [0.29, 0.717) is 0 Å². The topological polar surface area (TPSA) is 0 Å². The van der Waals surface area contributed by atoms with Crippen molar-refractivity contribution in [2.24, 2.45) is 0 Å². The summed E-state index contributed by atoms with van der Waals surface area (Å²) in [5.41, 5.74) is 7.62. The van der Waals surface area contributed by atoms with Crippen molar-refractivity contribution in [3.8, 4) is 33.4 Å². The molecule has 0 nitrogen and oxygen atoms in total. The van der Waals surface area contributed by atoms with E-state index < -0.39 is 0 Å². The van der Waals surface area contributed by atoms with Crippen molar-refractivity contribution in [2.75, 3.05) is 0 Å². The van der Waals surface area contributed by atoms with Crippen molar-refractivity contribution in [1.29, 1.82) is 0 Å². The lowest BCUT2D eigenvalue weighted by Crippen LogP contribution is -1.92. The maximum absolute atomic E-state index is 2.38. The zero-order valence-corrected chi connectivity index (χ0v) is 23.0. The highest BCUT2D eigenvalue weighted by molar-refractivity contribution is 6.28. The fourth-order valence-electron chi connectivity index (χ4n) is 7.05. The lowest BCUT2D eigenvalue weighted by atomic mass is 9.84. The predicted octanol–water partition coefficient (Wildman–Crippen LogP) is 11.9. The maximum atomic E-state index is 2.38. The van der Waals surface area contributed by atoms with Crippen LogP contribution >= 0.6 is 0 Å². The average molecular weight is 531 g/mol. The average Bonchev–Trinajstić information content (AvgIpc) is 3.06. The molecule has 9 rings (SSSR count). The molecule has 0 atom stereocenters. The third kappa shape index (κ3) is 3.42. The van der Waals surface area contributed by atoms with Gasteiger partial charge in [-0.2, -0.15) is 0 Å². The SMILES string of the molecule is c1ccc(-c2cc3ccccc3cc2-c2ccc3ccc4c(-c5cccc6ccccc56)ccc5ccc2c3c54)cc1. The summed E-state index contributed by atoms with van der Waals surface area (Å²) < 4.78 is 0. The second-order valence-corrected chi connectivity index (χ2v) is 11.3. The molecule has 0 aliphatic heterocycles. The standard InChI is InChI=1S/C42H26/c1-2-9-28(10-3-1)39-25-31-12-4-5-13-32(31)26-40(39)36-22-18-30-19-23-37-35(21-17-29-20-24-38(36)42(30)41(29)37)34-16-8-14-27-11-6-7-15-33(27)34/h1-26H. The summed E-state index contributed by atoms with van der Waals surface area (Å²) in [6.07, 6.45) is 0. The number of benzene rings is 9. The first-order valence-electron chi connectivity index (χ1n) is 14.6. The molecule has 9 aromatic carbocycles. The van der Waals surface area contributed by atoms with Crippen LogP contribution < -0.4 is 0 Å². The van der Waals surface area contributed by atoms with Gasteiger partial charge in [0.25, 0.3) is 0 Å². The predicted molar refractivity (Wildman–Crippen MR) is 181 cm³/mol. The Morgan fingerprint density at radius 1 is 0.238 bits per heavy atom. The van der Waals surface area contributed by atoms with Crippen LogP contribution in [0.15, 0.2) is 158 Å². The fourth-order valence-corrected chi connectivity index (χ4v) is 7.05. The molecule has 0 unspecified atom stereocenters. The first-order valence-corrected chi connectivity index (χ1v) is 14.6. The second-order valence-electron chi connectivity index (χ2n) is 11.3. The third-order valence-corrected chi connectivity index (χ3v) is 9.01. The Hall–Kier alpha value is -5.46. The van der Waals surface area contributed by atoms with Gasteiger partial charge in [0.05, 0.1) is 0 Å². The molecule has 0 saturated carbocycles. The molecule has 9 aromatic rings. The molecule has 42 heavy (non-hydrogen) atoms. The van der Waals surface area contributed by atoms with Gasteiger partial charge >= 0.3 is 0 Å². The molecule has 0 N–H and O–H groups in total. The number of hydrogen-bond donors (Lipinski definition) is 0. The molecule has 0 fully saturated rings. The van der Waals surface area contributed by atoms with Gasteiger partial charge in [-0.3, -0.25) is 0 Å². The normalized spacial score (nSPS) is 11.8. The van der Waals surface area contributed by atoms with Crippen LogP contribution in [0.3, 0.4) is 0 Å². The van der Waals surface area contributed by atoms with Crippen molar-refractivity contribution >= 4 is 53.9 Å². The van der Waals surface area contributed by atoms with Crippen LogP contribution in [0.25, 0.3) is 87.2 Å². The number of hydrogen-bond acceptors (Lipinski definition) is 0. The van der Waals surface area contributed by atoms with E-state index in [2.05, 4.69) is 158 Å². The summed E-state index contributed by atoms with van der Waals surface area (Å²) in [4.78, 5) is 0. The van der Waals surface area contributed by atoms with Gasteiger partial charge < -0.3 is 0 Å². The van der Waals surface area contributed by atoms with Crippen molar-refractivity contribution in [3.63, 3.8) is 0 Å². The highest BCUT2D eigenvalue weighted by atomic mass is 14.2. The van der Waals surface area contributed by atoms with E-state index in [4.69, 9.17) is 0 Å². The van der Waals surface area contributed by atoms with Crippen molar-refractivity contribution in [1.82, 2.24) is 0 Å². The van der Waals surface area contributed by atoms with Crippen LogP contribution in [0, 0.1) is 0 Å². The molecule has 0 aromatic heterocycles. The van der Waals surface area contributed by atoms with Gasteiger partial charge in [0, 0.05) is 0 Å². The first kappa shape index (κ1) is 23.3. The van der Waals surface area contributed by atoms with Gasteiger partial charge in [-0.15, -0.1) is 0 Å². The Bertz CT molecular complexity index is 2440. The fraction of sp³-hybridized carbons (Fsp3) is 0. The monoisotopic (exact) mass is 530 g/mol. The Morgan fingerprint density at radius 2 is 0.738 bits per heavy atom. The molecule has 0 spiro atoms. The Kier molecular flexibility index (Phi) is 5.00. The zero-order valence-electron chi connectivity index (χ0n) is 23.0. The van der Waals surface area contributed by atoms with Gasteiger partial charge in [0.1, 0.15) is 0 Å². The van der Waals surface area contributed by atoms with E-state index in [0.717, 1.165) is 0 Å². The Morgan fingerprint density at radius 3 is 1.43 bits per heavy atom. The van der Waals surface area contributed by atoms with E-state index >= 15 is 0 Å². The van der Waals surface area contributed by atoms with Crippen LogP contribution in [-0.4, -0.2) is 0 Å². The molecular weight excluding hydrogens is 504 g/mol. The summed E-state index contributed by atoms with van der Waals surface area (Å²) in [5, 5.41) is 12.9. The minimum atomic E-state index is 1.24. The van der Waals surface area contributed by atoms with Crippen LogP contribution in [0.4, 0.5) is 0 Å². The van der Waals surface area contributed by atoms with Crippen molar-refractivity contribution in [3.05, 3.63) is 158 Å². The zero-order chi connectivity index (χ0) is 27.6. The van der Waals surface area contributed by atoms with Crippen LogP contribution in [-0.2, 0) is 0 Å². The van der Waals surface area contributed by atoms with E-state index in [1.807, 2.05) is 0 Å². The molecule has 194 valence electrons. The molecule has 0 heterocycles. The third-order valence-electron chi connectivity index (χ3n) is 9.01. The lowest BCUT2D eigenvalue weighted by Gasteiger charge is -2.19. The molecule has 0 radical (unpaired) electrons. The summed E-state index contributed by atoms with van der Waals surface area (Å²) >= 11 is 0. The second kappa shape index (κ2) is 9.03. The highest BCUT2D eigenvalue weighted by Gasteiger charge is 2.18. The highest BCUT2D eigenvalue weighted by Crippen LogP contribution is 2.45. The molecular formula is C42H26. The van der Waals surface area contributed by atoms with Gasteiger partial charge in [-0.05, 0) is 99.4 Å². The molecule has 0 aliphatic rings. The van der Waals surface area contributed by atoms with Gasteiger partial charge in [0.15, 0.2) is 0 Å². The number of fused-ring (bicyclic) bond motifs is 2. The summed E-state index contributed by atoms with van der Waals surface area (Å²) in [6, 6.07) is 58.1. The van der Waals surface area contributed by atoms with E-state index in [9.17, 15) is 0 Å². The minimum Gasteiger partial charge on any atom is -0.0622 e. The van der Waals surface area contributed by atoms with Crippen molar-refractivity contribution in [2.45, 2.75) is 0 Å². The van der Waals surface area contributed by atoms with Gasteiger partial charge in [0.2, 0.25) is 0 Å². The summed E-state index contributed by atoms with van der Waals surface area (Å²) in [5.74, 6) is 0. The van der Waals surface area contributed by atoms with E-state index in [1.165, 1.54) is 87.2 Å². The van der Waals surface area contributed by atoms with Gasteiger partial charge in [-0.1, -0.05) is 146 Å². The smallest absolute Gasteiger partial charge is 0.00203 e. The van der Waals surface area contributed by atoms with E-state index in [-0.39, 0.29) is 0 Å². The van der Waals surface area contributed by atoms with Gasteiger partial charge in [-0.25, -0.2) is 0 Å². The first-order chi connectivity index (χ1) is 20.8. The van der Waals surface area contributed by atoms with E-state index in [1.54, 1.807) is 0 Å². The molecule has 0 heteroatoms. The molecule has 0 bridgehead atoms. The largest absolute Gasteiger partial charge is 0.0622 e. The Balaban J connectivity index is 1.37. The molecule has 0 amide bonds. The maximum Gasteiger partial charge on any atom is -0.00203 e. The quantitative estimate of drug-likeness (QED) is 0.199. The number of rotatable bonds is 3. The summed E-state index contributed by atoms with van der Waals surface area (Å²) in [7, 11) is 0. The van der Waals surface area contributed by atoms with Crippen LogP contribution in [0.5, 0.6) is 0 Å². The van der Waals surface area contributed by atoms with Crippen LogP contribution in [0.2, 0.25) is 0 Å².